The third-order valence-electron chi connectivity index (χ3n) is 3.87. The first-order chi connectivity index (χ1) is 11.8. The molecule has 0 bridgehead atoms. The highest BCUT2D eigenvalue weighted by Gasteiger charge is 2.17. The summed E-state index contributed by atoms with van der Waals surface area (Å²) in [7, 11) is -3.79. The maximum atomic E-state index is 12.5. The number of anilines is 1. The van der Waals surface area contributed by atoms with Crippen molar-refractivity contribution < 1.29 is 13.2 Å². The Morgan fingerprint density at radius 2 is 1.80 bits per heavy atom. The largest absolute Gasteiger partial charge is 0.339 e. The Labute approximate surface area is 153 Å². The maximum absolute atomic E-state index is 12.5. The van der Waals surface area contributed by atoms with Crippen molar-refractivity contribution in [2.75, 3.05) is 17.8 Å². The van der Waals surface area contributed by atoms with Crippen LogP contribution in [0.25, 0.3) is 0 Å². The van der Waals surface area contributed by atoms with Gasteiger partial charge in [-0.15, -0.1) is 0 Å². The van der Waals surface area contributed by atoms with Crippen LogP contribution in [0.15, 0.2) is 47.4 Å². The number of aryl methyl sites for hydroxylation is 1. The van der Waals surface area contributed by atoms with Crippen LogP contribution in [0.1, 0.15) is 29.8 Å². The monoisotopic (exact) mass is 380 g/mol. The number of carbonyl (C=O) groups excluding carboxylic acids is 1. The van der Waals surface area contributed by atoms with Crippen LogP contribution in [0, 0.1) is 6.92 Å². The van der Waals surface area contributed by atoms with Crippen LogP contribution in [-0.4, -0.2) is 32.3 Å². The first kappa shape index (κ1) is 19.3. The zero-order chi connectivity index (χ0) is 18.6. The van der Waals surface area contributed by atoms with Gasteiger partial charge in [0, 0.05) is 29.4 Å². The molecule has 0 fully saturated rings. The highest BCUT2D eigenvalue weighted by Crippen LogP contribution is 2.23. The van der Waals surface area contributed by atoms with Crippen LogP contribution < -0.4 is 4.72 Å². The second-order valence-electron chi connectivity index (χ2n) is 5.57. The Morgan fingerprint density at radius 1 is 1.12 bits per heavy atom. The Hall–Kier alpha value is -2.05. The van der Waals surface area contributed by atoms with Crippen molar-refractivity contribution in [1.82, 2.24) is 4.90 Å². The number of amides is 1. The van der Waals surface area contributed by atoms with Gasteiger partial charge in [0.25, 0.3) is 15.9 Å². The molecule has 0 atom stereocenters. The van der Waals surface area contributed by atoms with Gasteiger partial charge < -0.3 is 4.90 Å². The minimum absolute atomic E-state index is 0.0728. The minimum atomic E-state index is -3.79. The topological polar surface area (TPSA) is 66.5 Å². The normalized spacial score (nSPS) is 11.2. The van der Waals surface area contributed by atoms with E-state index in [1.807, 2.05) is 13.8 Å². The van der Waals surface area contributed by atoms with E-state index in [-0.39, 0.29) is 10.8 Å². The Morgan fingerprint density at radius 3 is 2.40 bits per heavy atom. The minimum Gasteiger partial charge on any atom is -0.339 e. The first-order valence-corrected chi connectivity index (χ1v) is 9.83. The van der Waals surface area contributed by atoms with E-state index in [0.29, 0.717) is 29.4 Å². The predicted octanol–water partition coefficient (Wildman–Crippen LogP) is 3.93. The van der Waals surface area contributed by atoms with E-state index in [2.05, 4.69) is 4.72 Å². The maximum Gasteiger partial charge on any atom is 0.261 e. The molecule has 0 saturated carbocycles. The molecule has 0 aliphatic carbocycles. The molecule has 134 valence electrons. The molecular weight excluding hydrogens is 360 g/mol. The van der Waals surface area contributed by atoms with E-state index in [0.717, 1.165) is 5.56 Å². The standard InChI is InChI=1S/C18H21ClN2O3S/c1-4-21(5-2)18(22)14-7-6-8-15(11-14)20-25(23,24)16-10-9-13(3)17(19)12-16/h6-12,20H,4-5H2,1-3H3. The second-order valence-corrected chi connectivity index (χ2v) is 7.66. The Balaban J connectivity index is 2.29. The van der Waals surface area contributed by atoms with Crippen LogP contribution in [0.3, 0.4) is 0 Å². The molecule has 0 spiro atoms. The summed E-state index contributed by atoms with van der Waals surface area (Å²) >= 11 is 6.01. The van der Waals surface area contributed by atoms with Gasteiger partial charge in [0.05, 0.1) is 4.90 Å². The van der Waals surface area contributed by atoms with Gasteiger partial charge in [-0.05, 0) is 56.7 Å². The summed E-state index contributed by atoms with van der Waals surface area (Å²) in [6, 6.07) is 11.0. The molecule has 0 radical (unpaired) electrons. The number of hydrogen-bond acceptors (Lipinski definition) is 3. The molecule has 2 rings (SSSR count). The highest BCUT2D eigenvalue weighted by atomic mass is 35.5. The number of hydrogen-bond donors (Lipinski definition) is 1. The van der Waals surface area contributed by atoms with Crippen molar-refractivity contribution in [2.24, 2.45) is 0 Å². The molecule has 1 amide bonds. The average molecular weight is 381 g/mol. The zero-order valence-electron chi connectivity index (χ0n) is 14.4. The Kier molecular flexibility index (Phi) is 6.08. The summed E-state index contributed by atoms with van der Waals surface area (Å²) in [5.74, 6) is -0.135. The summed E-state index contributed by atoms with van der Waals surface area (Å²) in [4.78, 5) is 14.2. The molecule has 5 nitrogen and oxygen atoms in total. The third-order valence-corrected chi connectivity index (χ3v) is 5.65. The van der Waals surface area contributed by atoms with Crippen LogP contribution in [0.5, 0.6) is 0 Å². The molecule has 0 heterocycles. The zero-order valence-corrected chi connectivity index (χ0v) is 16.0. The van der Waals surface area contributed by atoms with Crippen LogP contribution >= 0.6 is 11.6 Å². The molecule has 25 heavy (non-hydrogen) atoms. The number of rotatable bonds is 6. The predicted molar refractivity (Wildman–Crippen MR) is 101 cm³/mol. The molecule has 0 aliphatic heterocycles. The molecule has 7 heteroatoms. The van der Waals surface area contributed by atoms with Gasteiger partial charge >= 0.3 is 0 Å². The van der Waals surface area contributed by atoms with E-state index in [1.165, 1.54) is 18.2 Å². The molecule has 0 aromatic heterocycles. The van der Waals surface area contributed by atoms with Gasteiger partial charge in [0.1, 0.15) is 0 Å². The first-order valence-electron chi connectivity index (χ1n) is 7.96. The summed E-state index contributed by atoms with van der Waals surface area (Å²) in [6.07, 6.45) is 0. The fourth-order valence-electron chi connectivity index (χ4n) is 2.36. The van der Waals surface area contributed by atoms with Gasteiger partial charge in [-0.1, -0.05) is 23.7 Å². The lowest BCUT2D eigenvalue weighted by Crippen LogP contribution is -2.30. The number of nitrogens with one attached hydrogen (secondary N) is 1. The summed E-state index contributed by atoms with van der Waals surface area (Å²) in [5.41, 5.74) is 1.56. The molecule has 0 unspecified atom stereocenters. The molecule has 2 aromatic rings. The van der Waals surface area contributed by atoms with E-state index < -0.39 is 10.0 Å². The van der Waals surface area contributed by atoms with Crippen molar-refractivity contribution in [3.05, 3.63) is 58.6 Å². The second kappa shape index (κ2) is 7.89. The Bertz CT molecular complexity index is 878. The van der Waals surface area contributed by atoms with Crippen molar-refractivity contribution >= 4 is 33.2 Å². The van der Waals surface area contributed by atoms with Crippen LogP contribution in [-0.2, 0) is 10.0 Å². The third kappa shape index (κ3) is 4.52. The number of carbonyl (C=O) groups is 1. The number of benzene rings is 2. The fourth-order valence-corrected chi connectivity index (χ4v) is 3.68. The van der Waals surface area contributed by atoms with Gasteiger partial charge in [-0.25, -0.2) is 8.42 Å². The number of halogens is 1. The quantitative estimate of drug-likeness (QED) is 0.825. The summed E-state index contributed by atoms with van der Waals surface area (Å²) < 4.78 is 27.5. The lowest BCUT2D eigenvalue weighted by molar-refractivity contribution is 0.0773. The van der Waals surface area contributed by atoms with Crippen LogP contribution in [0.2, 0.25) is 5.02 Å². The molecule has 2 aromatic carbocycles. The van der Waals surface area contributed by atoms with Gasteiger partial charge in [-0.3, -0.25) is 9.52 Å². The fraction of sp³-hybridized carbons (Fsp3) is 0.278. The SMILES string of the molecule is CCN(CC)C(=O)c1cccc(NS(=O)(=O)c2ccc(C)c(Cl)c2)c1. The average Bonchev–Trinajstić information content (AvgIpc) is 2.58. The molecule has 0 aliphatic rings. The van der Waals surface area contributed by atoms with E-state index >= 15 is 0 Å². The van der Waals surface area contributed by atoms with E-state index in [9.17, 15) is 13.2 Å². The van der Waals surface area contributed by atoms with E-state index in [1.54, 1.807) is 36.1 Å². The van der Waals surface area contributed by atoms with Gasteiger partial charge in [0.2, 0.25) is 0 Å². The molecule has 1 N–H and O–H groups in total. The lowest BCUT2D eigenvalue weighted by atomic mass is 10.2. The summed E-state index contributed by atoms with van der Waals surface area (Å²) in [5, 5.41) is 0.383. The van der Waals surface area contributed by atoms with Gasteiger partial charge in [-0.2, -0.15) is 0 Å². The van der Waals surface area contributed by atoms with Crippen LogP contribution in [0.4, 0.5) is 5.69 Å². The molecular formula is C18H21ClN2O3S. The summed E-state index contributed by atoms with van der Waals surface area (Å²) in [6.45, 7) is 6.78. The van der Waals surface area contributed by atoms with Gasteiger partial charge in [0.15, 0.2) is 0 Å². The van der Waals surface area contributed by atoms with Crippen molar-refractivity contribution in [3.63, 3.8) is 0 Å². The molecule has 0 saturated heterocycles. The number of sulfonamides is 1. The smallest absolute Gasteiger partial charge is 0.261 e. The van der Waals surface area contributed by atoms with E-state index in [4.69, 9.17) is 11.6 Å². The van der Waals surface area contributed by atoms with Crippen molar-refractivity contribution in [3.8, 4) is 0 Å². The number of nitrogens with zero attached hydrogens (tertiary/aromatic N) is 1. The van der Waals surface area contributed by atoms with Crippen molar-refractivity contribution in [1.29, 1.82) is 0 Å². The van der Waals surface area contributed by atoms with Crippen molar-refractivity contribution in [2.45, 2.75) is 25.7 Å². The lowest BCUT2D eigenvalue weighted by Gasteiger charge is -2.19. The highest BCUT2D eigenvalue weighted by molar-refractivity contribution is 7.92.